The highest BCUT2D eigenvalue weighted by Crippen LogP contribution is 2.24. The van der Waals surface area contributed by atoms with Crippen molar-refractivity contribution >= 4 is 34.1 Å². The van der Waals surface area contributed by atoms with E-state index in [0.717, 1.165) is 22.8 Å². The third kappa shape index (κ3) is 3.19. The van der Waals surface area contributed by atoms with Crippen molar-refractivity contribution in [3.63, 3.8) is 0 Å². The van der Waals surface area contributed by atoms with Gasteiger partial charge in [-0.05, 0) is 25.1 Å². The molecule has 0 aliphatic rings. The van der Waals surface area contributed by atoms with E-state index >= 15 is 0 Å². The number of hydrogen-bond donors (Lipinski definition) is 2. The predicted molar refractivity (Wildman–Crippen MR) is 109 cm³/mol. The number of rotatable bonds is 4. The van der Waals surface area contributed by atoms with Gasteiger partial charge in [-0.2, -0.15) is 5.10 Å². The van der Waals surface area contributed by atoms with Gasteiger partial charge in [0.2, 0.25) is 0 Å². The summed E-state index contributed by atoms with van der Waals surface area (Å²) in [6.07, 6.45) is 4.35. The molecule has 4 aromatic heterocycles. The van der Waals surface area contributed by atoms with Gasteiger partial charge in [0, 0.05) is 12.3 Å². The van der Waals surface area contributed by atoms with Crippen molar-refractivity contribution in [2.45, 2.75) is 13.0 Å². The lowest BCUT2D eigenvalue weighted by molar-refractivity contribution is 0.578. The minimum absolute atomic E-state index is 0.0206. The average molecular weight is 443 g/mol. The maximum absolute atomic E-state index is 13.9. The van der Waals surface area contributed by atoms with Gasteiger partial charge in [0.25, 0.3) is 5.56 Å². The van der Waals surface area contributed by atoms with Crippen LogP contribution < -0.4 is 10.9 Å². The molecule has 1 atom stereocenters. The Morgan fingerprint density at radius 3 is 2.71 bits per heavy atom. The number of anilines is 1. The number of aromatic amines is 1. The van der Waals surface area contributed by atoms with Gasteiger partial charge in [0.1, 0.15) is 29.0 Å². The van der Waals surface area contributed by atoms with E-state index in [1.165, 1.54) is 29.4 Å². The van der Waals surface area contributed by atoms with Crippen molar-refractivity contribution in [2.24, 2.45) is 0 Å². The molecular weight excluding hydrogens is 430 g/mol. The normalized spacial score (nSPS) is 12.5. The topological polar surface area (TPSA) is 106 Å². The van der Waals surface area contributed by atoms with E-state index in [2.05, 4.69) is 30.4 Å². The maximum Gasteiger partial charge on any atom is 0.284 e. The lowest BCUT2D eigenvalue weighted by Crippen LogP contribution is -2.29. The fourth-order valence-electron chi connectivity index (χ4n) is 3.39. The molecule has 9 nitrogen and oxygen atoms in total. The van der Waals surface area contributed by atoms with Crippen molar-refractivity contribution in [1.82, 2.24) is 34.1 Å². The number of aromatic nitrogens is 7. The Balaban J connectivity index is 1.72. The maximum atomic E-state index is 13.9. The van der Waals surface area contributed by atoms with Gasteiger partial charge in [-0.3, -0.25) is 9.36 Å². The molecule has 0 amide bonds. The van der Waals surface area contributed by atoms with Gasteiger partial charge in [-0.15, -0.1) is 0 Å². The van der Waals surface area contributed by atoms with Crippen LogP contribution in [0.1, 0.15) is 18.8 Å². The highest BCUT2D eigenvalue weighted by atomic mass is 35.5. The Kier molecular flexibility index (Phi) is 4.40. The van der Waals surface area contributed by atoms with Crippen LogP contribution in [-0.4, -0.2) is 34.1 Å². The second kappa shape index (κ2) is 7.13. The highest BCUT2D eigenvalue weighted by Gasteiger charge is 2.22. The lowest BCUT2D eigenvalue weighted by atomic mass is 10.2. The summed E-state index contributed by atoms with van der Waals surface area (Å²) < 4.78 is 30.3. The largest absolute Gasteiger partial charge is 0.358 e. The Bertz CT molecular complexity index is 1490. The molecule has 2 N–H and O–H groups in total. The summed E-state index contributed by atoms with van der Waals surface area (Å²) in [5, 5.41) is 7.79. The molecule has 1 unspecified atom stereocenters. The monoisotopic (exact) mass is 442 g/mol. The molecule has 1 aromatic carbocycles. The summed E-state index contributed by atoms with van der Waals surface area (Å²) in [4.78, 5) is 28.6. The Morgan fingerprint density at radius 2 is 1.94 bits per heavy atom. The van der Waals surface area contributed by atoms with Crippen molar-refractivity contribution in [3.8, 4) is 5.69 Å². The van der Waals surface area contributed by atoms with E-state index in [1.54, 1.807) is 6.92 Å². The quantitative estimate of drug-likeness (QED) is 0.442. The first-order chi connectivity index (χ1) is 14.9. The average Bonchev–Trinajstić information content (AvgIpc) is 3.34. The number of hydrogen-bond acceptors (Lipinski definition) is 6. The summed E-state index contributed by atoms with van der Waals surface area (Å²) in [5.74, 6) is -1.05. The minimum atomic E-state index is -0.829. The van der Waals surface area contributed by atoms with E-state index in [1.807, 2.05) is 0 Å². The number of fused-ring (bicyclic) bond motifs is 2. The molecule has 0 aliphatic carbocycles. The van der Waals surface area contributed by atoms with Crippen molar-refractivity contribution in [2.75, 3.05) is 5.32 Å². The number of halogens is 3. The number of nitrogens with one attached hydrogen (secondary N) is 2. The molecule has 5 rings (SSSR count). The molecular formula is C19H13ClF2N8O. The molecule has 0 radical (unpaired) electrons. The molecule has 5 aromatic rings. The SMILES string of the molecule is CC(Nc1ncnc2nc[nH]c12)c1nn2ccc(Cl)c2c(=O)n1-c1cc(F)cc(F)c1. The summed E-state index contributed by atoms with van der Waals surface area (Å²) >= 11 is 6.15. The van der Waals surface area contributed by atoms with Gasteiger partial charge in [0.15, 0.2) is 17.3 Å². The zero-order valence-corrected chi connectivity index (χ0v) is 16.6. The molecule has 156 valence electrons. The van der Waals surface area contributed by atoms with Gasteiger partial charge < -0.3 is 10.3 Å². The minimum Gasteiger partial charge on any atom is -0.358 e. The van der Waals surface area contributed by atoms with Crippen LogP contribution in [0.5, 0.6) is 0 Å². The van der Waals surface area contributed by atoms with Crippen LogP contribution in [0.2, 0.25) is 5.02 Å². The fourth-order valence-corrected chi connectivity index (χ4v) is 3.61. The van der Waals surface area contributed by atoms with Crippen LogP contribution in [0.4, 0.5) is 14.6 Å². The number of H-pyrrole nitrogens is 1. The first kappa shape index (κ1) is 19.1. The lowest BCUT2D eigenvalue weighted by Gasteiger charge is -2.19. The van der Waals surface area contributed by atoms with Crippen LogP contribution in [0.3, 0.4) is 0 Å². The van der Waals surface area contributed by atoms with Gasteiger partial charge in [-0.25, -0.2) is 28.2 Å². The standard InChI is InChI=1S/C19H13ClF2N8O/c1-9(27-17-14-16(24-7-23-14)25-8-26-17)18-28-29-3-2-13(20)15(29)19(31)30(18)12-5-10(21)4-11(22)6-12/h2-9H,1H3,(H2,23,24,25,26,27). The Morgan fingerprint density at radius 1 is 1.16 bits per heavy atom. The molecule has 0 saturated carbocycles. The summed E-state index contributed by atoms with van der Waals surface area (Å²) in [6, 6.07) is 3.72. The fraction of sp³-hybridized carbons (Fsp3) is 0.105. The first-order valence-corrected chi connectivity index (χ1v) is 9.47. The van der Waals surface area contributed by atoms with Gasteiger partial charge in [-0.1, -0.05) is 11.6 Å². The van der Waals surface area contributed by atoms with Crippen molar-refractivity contribution < 1.29 is 8.78 Å². The van der Waals surface area contributed by atoms with Crippen LogP contribution in [0.25, 0.3) is 22.4 Å². The molecule has 12 heteroatoms. The molecule has 31 heavy (non-hydrogen) atoms. The Labute approximate surface area is 177 Å². The predicted octanol–water partition coefficient (Wildman–Crippen LogP) is 3.26. The van der Waals surface area contributed by atoms with E-state index in [9.17, 15) is 13.6 Å². The third-order valence-electron chi connectivity index (χ3n) is 4.73. The molecule has 4 heterocycles. The van der Waals surface area contributed by atoms with Crippen LogP contribution >= 0.6 is 11.6 Å². The molecule has 0 fully saturated rings. The van der Waals surface area contributed by atoms with Crippen LogP contribution in [-0.2, 0) is 0 Å². The Hall–Kier alpha value is -3.86. The van der Waals surface area contributed by atoms with Crippen molar-refractivity contribution in [1.29, 1.82) is 0 Å². The second-order valence-corrected chi connectivity index (χ2v) is 7.18. The molecule has 0 aliphatic heterocycles. The van der Waals surface area contributed by atoms with E-state index < -0.39 is 23.2 Å². The van der Waals surface area contributed by atoms with E-state index in [4.69, 9.17) is 11.6 Å². The third-order valence-corrected chi connectivity index (χ3v) is 5.04. The van der Waals surface area contributed by atoms with Gasteiger partial charge >= 0.3 is 0 Å². The van der Waals surface area contributed by atoms with Crippen LogP contribution in [0.15, 0.2) is 47.9 Å². The number of nitrogens with zero attached hydrogens (tertiary/aromatic N) is 6. The molecule has 0 bridgehead atoms. The number of imidazole rings is 1. The first-order valence-electron chi connectivity index (χ1n) is 9.09. The zero-order chi connectivity index (χ0) is 21.7. The highest BCUT2D eigenvalue weighted by molar-refractivity contribution is 6.33. The van der Waals surface area contributed by atoms with E-state index in [-0.39, 0.29) is 22.1 Å². The van der Waals surface area contributed by atoms with Crippen LogP contribution in [0, 0.1) is 11.6 Å². The zero-order valence-electron chi connectivity index (χ0n) is 15.8. The van der Waals surface area contributed by atoms with Crippen molar-refractivity contribution in [3.05, 3.63) is 76.0 Å². The smallest absolute Gasteiger partial charge is 0.284 e. The van der Waals surface area contributed by atoms with Gasteiger partial charge in [0.05, 0.1) is 23.1 Å². The summed E-state index contributed by atoms with van der Waals surface area (Å²) in [7, 11) is 0. The van der Waals surface area contributed by atoms with E-state index in [0.29, 0.717) is 17.0 Å². The second-order valence-electron chi connectivity index (χ2n) is 6.77. The molecule has 0 saturated heterocycles. The summed E-state index contributed by atoms with van der Waals surface area (Å²) in [5.41, 5.74) is 0.501. The summed E-state index contributed by atoms with van der Waals surface area (Å²) in [6.45, 7) is 1.73. The number of benzene rings is 1. The molecule has 0 spiro atoms.